The molecule has 8 heteroatoms. The number of benzene rings is 2. The van der Waals surface area contributed by atoms with Crippen LogP contribution in [0.2, 0.25) is 5.02 Å². The van der Waals surface area contributed by atoms with Crippen molar-refractivity contribution in [3.8, 4) is 5.75 Å². The maximum Gasteiger partial charge on any atom is 0.144 e. The van der Waals surface area contributed by atoms with Gasteiger partial charge in [-0.05, 0) is 24.3 Å². The fraction of sp³-hybridized carbons (Fsp3) is 0.300. The van der Waals surface area contributed by atoms with Gasteiger partial charge < -0.3 is 20.1 Å². The highest BCUT2D eigenvalue weighted by molar-refractivity contribution is 6.31. The van der Waals surface area contributed by atoms with Crippen molar-refractivity contribution >= 4 is 39.7 Å². The van der Waals surface area contributed by atoms with E-state index in [4.69, 9.17) is 21.1 Å². The third kappa shape index (κ3) is 3.95. The fourth-order valence-corrected chi connectivity index (χ4v) is 3.34. The zero-order valence-corrected chi connectivity index (χ0v) is 16.1. The SMILES string of the molecule is CNc1cc2c(Nc3ccc(F)c(Cl)c3)ncnc2cc1OC1CCOCC1. The molecule has 1 aliphatic heterocycles. The highest BCUT2D eigenvalue weighted by Crippen LogP contribution is 2.34. The minimum atomic E-state index is -0.466. The van der Waals surface area contributed by atoms with Gasteiger partial charge in [-0.2, -0.15) is 0 Å². The maximum atomic E-state index is 13.4. The van der Waals surface area contributed by atoms with Crippen molar-refractivity contribution in [1.82, 2.24) is 9.97 Å². The summed E-state index contributed by atoms with van der Waals surface area (Å²) in [7, 11) is 1.84. The first-order valence-electron chi connectivity index (χ1n) is 9.07. The molecule has 28 heavy (non-hydrogen) atoms. The minimum Gasteiger partial charge on any atom is -0.488 e. The molecule has 2 N–H and O–H groups in total. The Morgan fingerprint density at radius 3 is 2.75 bits per heavy atom. The molecule has 4 rings (SSSR count). The zero-order valence-electron chi connectivity index (χ0n) is 15.3. The van der Waals surface area contributed by atoms with Gasteiger partial charge in [0.05, 0.1) is 29.4 Å². The number of nitrogens with zero attached hydrogens (tertiary/aromatic N) is 2. The van der Waals surface area contributed by atoms with Crippen LogP contribution >= 0.6 is 11.6 Å². The summed E-state index contributed by atoms with van der Waals surface area (Å²) in [5.74, 6) is 0.880. The second kappa shape index (κ2) is 8.16. The topological polar surface area (TPSA) is 68.3 Å². The van der Waals surface area contributed by atoms with Gasteiger partial charge in [-0.1, -0.05) is 11.6 Å². The molecule has 3 aromatic rings. The lowest BCUT2D eigenvalue weighted by Gasteiger charge is -2.24. The summed E-state index contributed by atoms with van der Waals surface area (Å²) in [6.07, 6.45) is 3.33. The number of nitrogens with one attached hydrogen (secondary N) is 2. The Balaban J connectivity index is 1.67. The number of ether oxygens (including phenoxy) is 2. The van der Waals surface area contributed by atoms with Gasteiger partial charge in [0.15, 0.2) is 0 Å². The van der Waals surface area contributed by atoms with Gasteiger partial charge in [-0.25, -0.2) is 14.4 Å². The van der Waals surface area contributed by atoms with E-state index < -0.39 is 5.82 Å². The van der Waals surface area contributed by atoms with Crippen molar-refractivity contribution < 1.29 is 13.9 Å². The first kappa shape index (κ1) is 18.7. The summed E-state index contributed by atoms with van der Waals surface area (Å²) in [5.41, 5.74) is 2.22. The van der Waals surface area contributed by atoms with Crippen LogP contribution in [0.5, 0.6) is 5.75 Å². The molecule has 0 radical (unpaired) electrons. The molecule has 2 heterocycles. The molecule has 146 valence electrons. The number of fused-ring (bicyclic) bond motifs is 1. The van der Waals surface area contributed by atoms with Gasteiger partial charge >= 0.3 is 0 Å². The Kier molecular flexibility index (Phi) is 5.45. The van der Waals surface area contributed by atoms with E-state index in [1.54, 1.807) is 6.07 Å². The molecule has 6 nitrogen and oxygen atoms in total. The minimum absolute atomic E-state index is 0.0476. The Morgan fingerprint density at radius 2 is 2.00 bits per heavy atom. The lowest BCUT2D eigenvalue weighted by atomic mass is 10.1. The van der Waals surface area contributed by atoms with E-state index >= 15 is 0 Å². The summed E-state index contributed by atoms with van der Waals surface area (Å²) in [5, 5.41) is 7.21. The predicted molar refractivity (Wildman–Crippen MR) is 108 cm³/mol. The molecule has 1 aliphatic rings. The molecule has 1 saturated heterocycles. The highest BCUT2D eigenvalue weighted by atomic mass is 35.5. The average molecular weight is 403 g/mol. The van der Waals surface area contributed by atoms with Crippen molar-refractivity contribution in [3.63, 3.8) is 0 Å². The van der Waals surface area contributed by atoms with Crippen LogP contribution < -0.4 is 15.4 Å². The van der Waals surface area contributed by atoms with Crippen LogP contribution in [0.25, 0.3) is 10.9 Å². The van der Waals surface area contributed by atoms with E-state index in [0.29, 0.717) is 24.7 Å². The third-order valence-electron chi connectivity index (χ3n) is 4.65. The number of halogens is 2. The van der Waals surface area contributed by atoms with E-state index in [9.17, 15) is 4.39 Å². The van der Waals surface area contributed by atoms with E-state index in [2.05, 4.69) is 20.6 Å². The standard InChI is InChI=1S/C20H20ClFN4O2/c1-23-18-9-14-17(10-19(18)28-13-4-6-27-7-5-13)24-11-25-20(14)26-12-2-3-16(22)15(21)8-12/h2-3,8-11,13,23H,4-7H2,1H3,(H,24,25,26). The third-order valence-corrected chi connectivity index (χ3v) is 4.94. The van der Waals surface area contributed by atoms with E-state index in [0.717, 1.165) is 35.2 Å². The van der Waals surface area contributed by atoms with Gasteiger partial charge in [-0.15, -0.1) is 0 Å². The Morgan fingerprint density at radius 1 is 1.18 bits per heavy atom. The van der Waals surface area contributed by atoms with Crippen molar-refractivity contribution in [2.45, 2.75) is 18.9 Å². The molecule has 0 atom stereocenters. The normalized spacial score (nSPS) is 14.8. The molecular formula is C20H20ClFN4O2. The van der Waals surface area contributed by atoms with E-state index in [1.807, 2.05) is 19.2 Å². The maximum absolute atomic E-state index is 13.4. The monoisotopic (exact) mass is 402 g/mol. The summed E-state index contributed by atoms with van der Waals surface area (Å²) >= 11 is 5.88. The summed E-state index contributed by atoms with van der Waals surface area (Å²) < 4.78 is 25.0. The number of anilines is 3. The molecule has 0 amide bonds. The lowest BCUT2D eigenvalue weighted by molar-refractivity contribution is 0.0259. The fourth-order valence-electron chi connectivity index (χ4n) is 3.16. The average Bonchev–Trinajstić information content (AvgIpc) is 2.71. The van der Waals surface area contributed by atoms with Crippen molar-refractivity contribution in [2.24, 2.45) is 0 Å². The van der Waals surface area contributed by atoms with Crippen LogP contribution in [0, 0.1) is 5.82 Å². The smallest absolute Gasteiger partial charge is 0.144 e. The van der Waals surface area contributed by atoms with Gasteiger partial charge in [0.25, 0.3) is 0 Å². The van der Waals surface area contributed by atoms with Crippen LogP contribution in [0.4, 0.5) is 21.6 Å². The number of rotatable bonds is 5. The Hall–Kier alpha value is -2.64. The lowest BCUT2D eigenvalue weighted by Crippen LogP contribution is -2.26. The summed E-state index contributed by atoms with van der Waals surface area (Å²) in [6.45, 7) is 1.42. The molecule has 0 spiro atoms. The van der Waals surface area contributed by atoms with Gasteiger partial charge in [0, 0.05) is 37.0 Å². The molecule has 1 fully saturated rings. The van der Waals surface area contributed by atoms with Crippen molar-refractivity contribution in [2.75, 3.05) is 30.9 Å². The quantitative estimate of drug-likeness (QED) is 0.641. The molecule has 0 bridgehead atoms. The van der Waals surface area contributed by atoms with Crippen LogP contribution in [-0.4, -0.2) is 36.3 Å². The van der Waals surface area contributed by atoms with E-state index in [-0.39, 0.29) is 11.1 Å². The molecule has 0 aliphatic carbocycles. The second-order valence-corrected chi connectivity index (χ2v) is 6.93. The summed E-state index contributed by atoms with van der Waals surface area (Å²) in [6, 6.07) is 8.29. The molecular weight excluding hydrogens is 383 g/mol. The second-order valence-electron chi connectivity index (χ2n) is 6.52. The zero-order chi connectivity index (χ0) is 19.5. The molecule has 1 aromatic heterocycles. The largest absolute Gasteiger partial charge is 0.488 e. The van der Waals surface area contributed by atoms with Gasteiger partial charge in [0.2, 0.25) is 0 Å². The predicted octanol–water partition coefficient (Wildman–Crippen LogP) is 4.77. The first-order valence-corrected chi connectivity index (χ1v) is 9.45. The van der Waals surface area contributed by atoms with Crippen LogP contribution in [0.1, 0.15) is 12.8 Å². The Bertz CT molecular complexity index is 995. The molecule has 0 saturated carbocycles. The highest BCUT2D eigenvalue weighted by Gasteiger charge is 2.18. The Labute approximate surface area is 167 Å². The number of hydrogen-bond acceptors (Lipinski definition) is 6. The first-order chi connectivity index (χ1) is 13.6. The molecule has 2 aromatic carbocycles. The van der Waals surface area contributed by atoms with E-state index in [1.165, 1.54) is 18.5 Å². The number of aromatic nitrogens is 2. The molecule has 0 unspecified atom stereocenters. The van der Waals surface area contributed by atoms with Crippen LogP contribution in [0.15, 0.2) is 36.7 Å². The number of hydrogen-bond donors (Lipinski definition) is 2. The van der Waals surface area contributed by atoms with Gasteiger partial charge in [0.1, 0.15) is 29.8 Å². The van der Waals surface area contributed by atoms with Crippen molar-refractivity contribution in [1.29, 1.82) is 0 Å². The summed E-state index contributed by atoms with van der Waals surface area (Å²) in [4.78, 5) is 8.71. The van der Waals surface area contributed by atoms with Gasteiger partial charge in [-0.3, -0.25) is 0 Å². The van der Waals surface area contributed by atoms with Crippen LogP contribution in [0.3, 0.4) is 0 Å². The van der Waals surface area contributed by atoms with Crippen LogP contribution in [-0.2, 0) is 4.74 Å². The van der Waals surface area contributed by atoms with Crippen molar-refractivity contribution in [3.05, 3.63) is 47.5 Å².